The van der Waals surface area contributed by atoms with E-state index < -0.39 is 0 Å². The lowest BCUT2D eigenvalue weighted by Crippen LogP contribution is -2.49. The van der Waals surface area contributed by atoms with Gasteiger partial charge >= 0.3 is 0 Å². The van der Waals surface area contributed by atoms with Crippen molar-refractivity contribution in [3.05, 3.63) is 72.1 Å². The van der Waals surface area contributed by atoms with E-state index in [-0.39, 0.29) is 17.5 Å². The van der Waals surface area contributed by atoms with Gasteiger partial charge in [-0.3, -0.25) is 9.69 Å². The Bertz CT molecular complexity index is 1030. The van der Waals surface area contributed by atoms with E-state index in [4.69, 9.17) is 0 Å². The van der Waals surface area contributed by atoms with Crippen LogP contribution in [-0.2, 0) is 4.79 Å². The third-order valence-electron chi connectivity index (χ3n) is 5.02. The fourth-order valence-corrected chi connectivity index (χ4v) is 4.13. The van der Waals surface area contributed by atoms with Gasteiger partial charge in [-0.25, -0.2) is 4.39 Å². The van der Waals surface area contributed by atoms with Crippen LogP contribution in [0.25, 0.3) is 11.8 Å². The number of hydrogen-bond donors (Lipinski definition) is 0. The van der Waals surface area contributed by atoms with E-state index in [0.717, 1.165) is 19.6 Å². The number of hydrogen-bond acceptors (Lipinski definition) is 6. The summed E-state index contributed by atoms with van der Waals surface area (Å²) in [4.78, 5) is 16.8. The number of piperazine rings is 1. The first kappa shape index (κ1) is 21.2. The van der Waals surface area contributed by atoms with Gasteiger partial charge in [-0.05, 0) is 34.2 Å². The van der Waals surface area contributed by atoms with Gasteiger partial charge in [0.2, 0.25) is 11.1 Å². The molecule has 0 radical (unpaired) electrons. The van der Waals surface area contributed by atoms with Gasteiger partial charge in [0.05, 0.1) is 11.4 Å². The lowest BCUT2D eigenvalue weighted by Gasteiger charge is -2.34. The Morgan fingerprint density at radius 1 is 1.06 bits per heavy atom. The summed E-state index contributed by atoms with van der Waals surface area (Å²) >= 11 is 1.26. The van der Waals surface area contributed by atoms with Gasteiger partial charge in [0, 0.05) is 32.7 Å². The summed E-state index contributed by atoms with van der Waals surface area (Å²) in [6, 6.07) is 16.3. The first-order valence-corrected chi connectivity index (χ1v) is 11.1. The summed E-state index contributed by atoms with van der Waals surface area (Å²) in [5, 5.41) is 12.0. The molecule has 0 unspecified atom stereocenters. The molecule has 1 fully saturated rings. The predicted molar refractivity (Wildman–Crippen MR) is 118 cm³/mol. The van der Waals surface area contributed by atoms with E-state index in [2.05, 4.69) is 44.7 Å². The molecule has 0 N–H and O–H groups in total. The molecule has 0 bridgehead atoms. The molecular weight excluding hydrogens is 415 g/mol. The van der Waals surface area contributed by atoms with Crippen molar-refractivity contribution in [3.63, 3.8) is 0 Å². The van der Waals surface area contributed by atoms with E-state index in [1.165, 1.54) is 34.1 Å². The van der Waals surface area contributed by atoms with Crippen LogP contribution in [0.4, 0.5) is 4.39 Å². The topological polar surface area (TPSA) is 67.2 Å². The van der Waals surface area contributed by atoms with E-state index in [1.54, 1.807) is 12.1 Å². The maximum atomic E-state index is 13.5. The average molecular weight is 439 g/mol. The fraction of sp³-hybridized carbons (Fsp3) is 0.273. The number of rotatable bonds is 7. The van der Waals surface area contributed by atoms with Crippen LogP contribution >= 0.6 is 11.8 Å². The zero-order valence-electron chi connectivity index (χ0n) is 17.0. The Morgan fingerprint density at radius 2 is 1.87 bits per heavy atom. The molecule has 2 heterocycles. The Balaban J connectivity index is 1.24. The minimum atomic E-state index is -0.364. The molecule has 0 spiro atoms. The molecule has 0 aliphatic carbocycles. The molecule has 31 heavy (non-hydrogen) atoms. The molecule has 1 aromatic heterocycles. The van der Waals surface area contributed by atoms with Gasteiger partial charge in [0.1, 0.15) is 5.82 Å². The number of carbonyl (C=O) groups is 1. The second-order valence-corrected chi connectivity index (χ2v) is 8.08. The standard InChI is InChI=1S/C22H23FN6OS/c23-19-9-4-10-20(16-19)29-22(24-25-26-29)31-17-21(30)28-14-12-27(13-15-28)11-5-8-18-6-2-1-3-7-18/h1-10,16H,11-15,17H2. The molecule has 4 rings (SSSR count). The first-order valence-electron chi connectivity index (χ1n) is 10.1. The highest BCUT2D eigenvalue weighted by Crippen LogP contribution is 2.19. The van der Waals surface area contributed by atoms with Crippen molar-refractivity contribution in [1.82, 2.24) is 30.0 Å². The van der Waals surface area contributed by atoms with Crippen LogP contribution in [0.2, 0.25) is 0 Å². The second-order valence-electron chi connectivity index (χ2n) is 7.14. The van der Waals surface area contributed by atoms with E-state index in [9.17, 15) is 9.18 Å². The molecule has 1 aliphatic rings. The number of nitrogens with zero attached hydrogens (tertiary/aromatic N) is 6. The zero-order chi connectivity index (χ0) is 21.5. The lowest BCUT2D eigenvalue weighted by molar-refractivity contribution is -0.130. The molecule has 9 heteroatoms. The van der Waals surface area contributed by atoms with Crippen molar-refractivity contribution in [2.24, 2.45) is 0 Å². The van der Waals surface area contributed by atoms with Crippen LogP contribution in [0.15, 0.2) is 65.8 Å². The lowest BCUT2D eigenvalue weighted by atomic mass is 10.2. The summed E-state index contributed by atoms with van der Waals surface area (Å²) in [5.41, 5.74) is 1.71. The van der Waals surface area contributed by atoms with E-state index in [0.29, 0.717) is 23.9 Å². The molecule has 3 aromatic rings. The Labute approximate surface area is 184 Å². The maximum absolute atomic E-state index is 13.5. The molecule has 1 amide bonds. The van der Waals surface area contributed by atoms with Crippen LogP contribution in [0, 0.1) is 5.82 Å². The summed E-state index contributed by atoms with van der Waals surface area (Å²) in [6.45, 7) is 3.96. The van der Waals surface area contributed by atoms with Crippen molar-refractivity contribution in [1.29, 1.82) is 0 Å². The molecule has 7 nitrogen and oxygen atoms in total. The third-order valence-corrected chi connectivity index (χ3v) is 5.92. The van der Waals surface area contributed by atoms with Gasteiger partial charge in [0.25, 0.3) is 0 Å². The van der Waals surface area contributed by atoms with Crippen molar-refractivity contribution in [2.75, 3.05) is 38.5 Å². The maximum Gasteiger partial charge on any atom is 0.233 e. The quantitative estimate of drug-likeness (QED) is 0.529. The zero-order valence-corrected chi connectivity index (χ0v) is 17.8. The van der Waals surface area contributed by atoms with Crippen LogP contribution in [0.1, 0.15) is 5.56 Å². The van der Waals surface area contributed by atoms with Crippen molar-refractivity contribution < 1.29 is 9.18 Å². The normalized spacial score (nSPS) is 14.9. The van der Waals surface area contributed by atoms with Crippen molar-refractivity contribution in [3.8, 4) is 5.69 Å². The minimum absolute atomic E-state index is 0.0540. The highest BCUT2D eigenvalue weighted by Gasteiger charge is 2.21. The van der Waals surface area contributed by atoms with Crippen LogP contribution in [-0.4, -0.2) is 74.4 Å². The number of halogens is 1. The molecule has 160 valence electrons. The van der Waals surface area contributed by atoms with E-state index in [1.807, 2.05) is 23.1 Å². The molecule has 1 aliphatic heterocycles. The number of benzene rings is 2. The highest BCUT2D eigenvalue weighted by molar-refractivity contribution is 7.99. The van der Waals surface area contributed by atoms with Gasteiger partial charge in [-0.2, -0.15) is 4.68 Å². The van der Waals surface area contributed by atoms with Gasteiger partial charge in [-0.15, -0.1) is 5.10 Å². The van der Waals surface area contributed by atoms with Gasteiger partial charge in [-0.1, -0.05) is 60.3 Å². The molecule has 0 saturated carbocycles. The molecule has 2 aromatic carbocycles. The van der Waals surface area contributed by atoms with Crippen molar-refractivity contribution in [2.45, 2.75) is 5.16 Å². The summed E-state index contributed by atoms with van der Waals surface area (Å²) in [7, 11) is 0. The smallest absolute Gasteiger partial charge is 0.233 e. The van der Waals surface area contributed by atoms with Gasteiger partial charge in [0.15, 0.2) is 0 Å². The van der Waals surface area contributed by atoms with E-state index >= 15 is 0 Å². The molecule has 0 atom stereocenters. The molecule has 1 saturated heterocycles. The largest absolute Gasteiger partial charge is 0.339 e. The number of tetrazole rings is 1. The van der Waals surface area contributed by atoms with Crippen molar-refractivity contribution >= 4 is 23.7 Å². The summed E-state index contributed by atoms with van der Waals surface area (Å²) < 4.78 is 14.9. The van der Waals surface area contributed by atoms with Crippen LogP contribution in [0.3, 0.4) is 0 Å². The minimum Gasteiger partial charge on any atom is -0.339 e. The Kier molecular flexibility index (Phi) is 7.06. The van der Waals surface area contributed by atoms with Crippen LogP contribution < -0.4 is 0 Å². The van der Waals surface area contributed by atoms with Crippen LogP contribution in [0.5, 0.6) is 0 Å². The second kappa shape index (κ2) is 10.3. The number of amides is 1. The summed E-state index contributed by atoms with van der Waals surface area (Å²) in [6.07, 6.45) is 4.28. The number of thioether (sulfide) groups is 1. The Morgan fingerprint density at radius 3 is 2.65 bits per heavy atom. The fourth-order valence-electron chi connectivity index (χ4n) is 3.34. The SMILES string of the molecule is O=C(CSc1nnnn1-c1cccc(F)c1)N1CCN(CC=Cc2ccccc2)CC1. The first-order chi connectivity index (χ1) is 15.2. The third kappa shape index (κ3) is 5.77. The number of aromatic nitrogens is 4. The van der Waals surface area contributed by atoms with Gasteiger partial charge < -0.3 is 4.90 Å². The predicted octanol–water partition coefficient (Wildman–Crippen LogP) is 2.75. The average Bonchev–Trinajstić information content (AvgIpc) is 3.27. The highest BCUT2D eigenvalue weighted by atomic mass is 32.2. The Hall–Kier alpha value is -3.04. The monoisotopic (exact) mass is 438 g/mol. The molecular formula is C22H23FN6OS. The number of carbonyl (C=O) groups excluding carboxylic acids is 1. The summed E-state index contributed by atoms with van der Waals surface area (Å²) in [5.74, 6) is -0.0707.